The Morgan fingerprint density at radius 1 is 0.778 bits per heavy atom. The van der Waals surface area contributed by atoms with Crippen molar-refractivity contribution >= 4 is 27.2 Å². The van der Waals surface area contributed by atoms with E-state index >= 15 is 0 Å². The predicted molar refractivity (Wildman–Crippen MR) is 87.5 cm³/mol. The third kappa shape index (κ3) is 2.82. The summed E-state index contributed by atoms with van der Waals surface area (Å²) in [5.74, 6) is 0. The molecule has 0 saturated carbocycles. The number of rotatable bonds is 4. The van der Waals surface area contributed by atoms with E-state index in [0.717, 1.165) is 0 Å². The van der Waals surface area contributed by atoms with Crippen LogP contribution in [-0.4, -0.2) is 16.9 Å². The van der Waals surface area contributed by atoms with Crippen LogP contribution in [0, 0.1) is 0 Å². The third-order valence-electron chi connectivity index (χ3n) is 3.64. The molecule has 0 nitrogen and oxygen atoms in total. The van der Waals surface area contributed by atoms with Gasteiger partial charge in [-0.05, 0) is 0 Å². The summed E-state index contributed by atoms with van der Waals surface area (Å²) in [6.45, 7) is 7.47. The van der Waals surface area contributed by atoms with Gasteiger partial charge in [0.1, 0.15) is 8.07 Å². The summed E-state index contributed by atoms with van der Waals surface area (Å²) in [6.07, 6.45) is 0. The largest absolute Gasteiger partial charge is 0.112 e. The van der Waals surface area contributed by atoms with Crippen LogP contribution in [0.25, 0.3) is 0 Å². The van der Waals surface area contributed by atoms with Crippen LogP contribution in [0.3, 0.4) is 0 Å². The molecule has 0 aliphatic rings. The number of hydrogen-bond donors (Lipinski definition) is 0. The van der Waals surface area contributed by atoms with Crippen LogP contribution in [0.1, 0.15) is 0 Å². The number of benzene rings is 2. The fourth-order valence-electron chi connectivity index (χ4n) is 2.83. The van der Waals surface area contributed by atoms with Crippen molar-refractivity contribution in [2.24, 2.45) is 0 Å². The highest BCUT2D eigenvalue weighted by Crippen LogP contribution is 2.13. The second-order valence-electron chi connectivity index (χ2n) is 5.66. The lowest BCUT2D eigenvalue weighted by atomic mass is 10.4. The molecule has 0 amide bonds. The van der Waals surface area contributed by atoms with Crippen molar-refractivity contribution in [3.8, 4) is 0 Å². The minimum atomic E-state index is -1.50. The van der Waals surface area contributed by atoms with Gasteiger partial charge < -0.3 is 0 Å². The normalized spacial score (nSPS) is 11.8. The maximum absolute atomic E-state index is 2.53. The molecule has 0 aliphatic carbocycles. The summed E-state index contributed by atoms with van der Waals surface area (Å²) in [6, 6.07) is 22.3. The Hall–Kier alpha value is -1.13. The molecule has 2 aromatic carbocycles. The second-order valence-corrected chi connectivity index (χ2v) is 13.9. The smallest absolute Gasteiger partial charge is 0.0724 e. The SMILES string of the molecule is C[SiH](C)C[Si](C)(c1ccccc1)c1ccccc1. The highest BCUT2D eigenvalue weighted by Gasteiger charge is 2.32. The molecular formula is C16H22Si2. The van der Waals surface area contributed by atoms with Gasteiger partial charge in [-0.1, -0.05) is 96.3 Å². The molecule has 2 aromatic rings. The van der Waals surface area contributed by atoms with Gasteiger partial charge >= 0.3 is 0 Å². The topological polar surface area (TPSA) is 0 Å². The van der Waals surface area contributed by atoms with Crippen LogP contribution in [-0.2, 0) is 0 Å². The Morgan fingerprint density at radius 2 is 1.17 bits per heavy atom. The van der Waals surface area contributed by atoms with E-state index in [9.17, 15) is 0 Å². The van der Waals surface area contributed by atoms with Gasteiger partial charge in [0.25, 0.3) is 0 Å². The zero-order chi connectivity index (χ0) is 13.0. The van der Waals surface area contributed by atoms with Crippen LogP contribution in [0.2, 0.25) is 25.3 Å². The van der Waals surface area contributed by atoms with Gasteiger partial charge in [0.15, 0.2) is 0 Å². The van der Waals surface area contributed by atoms with Crippen molar-refractivity contribution in [3.63, 3.8) is 0 Å². The Bertz CT molecular complexity index is 437. The Morgan fingerprint density at radius 3 is 1.50 bits per heavy atom. The molecular weight excluding hydrogens is 248 g/mol. The van der Waals surface area contributed by atoms with E-state index in [2.05, 4.69) is 80.3 Å². The lowest BCUT2D eigenvalue weighted by Crippen LogP contribution is -2.57. The van der Waals surface area contributed by atoms with Gasteiger partial charge in [-0.25, -0.2) is 0 Å². The molecule has 0 bridgehead atoms. The highest BCUT2D eigenvalue weighted by molar-refractivity contribution is 7.06. The van der Waals surface area contributed by atoms with Gasteiger partial charge in [-0.15, -0.1) is 0 Å². The quantitative estimate of drug-likeness (QED) is 0.750. The lowest BCUT2D eigenvalue weighted by Gasteiger charge is -2.30. The molecule has 0 radical (unpaired) electrons. The highest BCUT2D eigenvalue weighted by atomic mass is 28.4. The van der Waals surface area contributed by atoms with Gasteiger partial charge in [0.2, 0.25) is 0 Å². The second kappa shape index (κ2) is 5.68. The molecule has 0 N–H and O–H groups in total. The molecule has 0 fully saturated rings. The lowest BCUT2D eigenvalue weighted by molar-refractivity contribution is 1.61. The first-order valence-corrected chi connectivity index (χ1v) is 12.6. The van der Waals surface area contributed by atoms with E-state index in [1.165, 1.54) is 5.67 Å². The molecule has 0 saturated heterocycles. The first kappa shape index (κ1) is 13.3. The maximum Gasteiger partial charge on any atom is 0.112 e. The van der Waals surface area contributed by atoms with Crippen LogP contribution < -0.4 is 10.4 Å². The summed E-state index contributed by atoms with van der Waals surface area (Å²) in [7, 11) is -2.08. The molecule has 18 heavy (non-hydrogen) atoms. The third-order valence-corrected chi connectivity index (χ3v) is 13.4. The Balaban J connectivity index is 2.48. The van der Waals surface area contributed by atoms with Crippen molar-refractivity contribution in [2.75, 3.05) is 0 Å². The minimum absolute atomic E-state index is 0.573. The summed E-state index contributed by atoms with van der Waals surface area (Å²) >= 11 is 0. The van der Waals surface area contributed by atoms with Crippen molar-refractivity contribution in [2.45, 2.75) is 25.3 Å². The molecule has 94 valence electrons. The standard InChI is InChI=1S/C16H22Si2/c1-17(2)14-18(3,15-10-6-4-7-11-15)16-12-8-5-9-13-16/h4-13,17H,14H2,1-3H3. The van der Waals surface area contributed by atoms with Crippen molar-refractivity contribution in [1.82, 2.24) is 0 Å². The molecule has 0 heterocycles. The molecule has 2 heteroatoms. The van der Waals surface area contributed by atoms with E-state index in [1.54, 1.807) is 10.4 Å². The predicted octanol–water partition coefficient (Wildman–Crippen LogP) is 2.91. The van der Waals surface area contributed by atoms with E-state index in [0.29, 0.717) is 0 Å². The van der Waals surface area contributed by atoms with Gasteiger partial charge in [-0.2, -0.15) is 0 Å². The summed E-state index contributed by atoms with van der Waals surface area (Å²) in [5.41, 5.74) is 1.45. The Labute approximate surface area is 113 Å². The fraction of sp³-hybridized carbons (Fsp3) is 0.250. The van der Waals surface area contributed by atoms with Crippen LogP contribution >= 0.6 is 0 Å². The van der Waals surface area contributed by atoms with E-state index < -0.39 is 16.9 Å². The zero-order valence-electron chi connectivity index (χ0n) is 11.6. The van der Waals surface area contributed by atoms with Crippen LogP contribution in [0.15, 0.2) is 60.7 Å². The van der Waals surface area contributed by atoms with Gasteiger partial charge in [-0.3, -0.25) is 0 Å². The molecule has 0 atom stereocenters. The van der Waals surface area contributed by atoms with E-state index in [1.807, 2.05) is 0 Å². The first-order valence-electron chi connectivity index (χ1n) is 6.74. The minimum Gasteiger partial charge on any atom is -0.0724 e. The zero-order valence-corrected chi connectivity index (χ0v) is 13.7. The first-order chi connectivity index (χ1) is 8.63. The van der Waals surface area contributed by atoms with Crippen LogP contribution in [0.5, 0.6) is 0 Å². The molecule has 2 rings (SSSR count). The molecule has 0 aromatic heterocycles. The molecule has 0 unspecified atom stereocenters. The Kier molecular flexibility index (Phi) is 4.20. The summed E-state index contributed by atoms with van der Waals surface area (Å²) in [5, 5.41) is 3.16. The number of hydrogen-bond acceptors (Lipinski definition) is 0. The maximum atomic E-state index is 2.53. The molecule has 0 spiro atoms. The fourth-order valence-corrected chi connectivity index (χ4v) is 13.4. The van der Waals surface area contributed by atoms with Gasteiger partial charge in [0, 0.05) is 8.80 Å². The summed E-state index contributed by atoms with van der Waals surface area (Å²) in [4.78, 5) is 0. The van der Waals surface area contributed by atoms with Gasteiger partial charge in [0.05, 0.1) is 0 Å². The molecule has 0 aliphatic heterocycles. The van der Waals surface area contributed by atoms with E-state index in [-0.39, 0.29) is 0 Å². The van der Waals surface area contributed by atoms with Crippen LogP contribution in [0.4, 0.5) is 0 Å². The van der Waals surface area contributed by atoms with E-state index in [4.69, 9.17) is 0 Å². The summed E-state index contributed by atoms with van der Waals surface area (Å²) < 4.78 is 0. The van der Waals surface area contributed by atoms with Crippen molar-refractivity contribution in [1.29, 1.82) is 0 Å². The average Bonchev–Trinajstić information content (AvgIpc) is 2.40. The van der Waals surface area contributed by atoms with Crippen molar-refractivity contribution in [3.05, 3.63) is 60.7 Å². The van der Waals surface area contributed by atoms with Crippen molar-refractivity contribution < 1.29 is 0 Å². The monoisotopic (exact) mass is 270 g/mol. The average molecular weight is 271 g/mol.